The zero-order valence-electron chi connectivity index (χ0n) is 10.9. The molecule has 3 rings (SSSR count). The van der Waals surface area contributed by atoms with Crippen LogP contribution in [-0.2, 0) is 4.79 Å². The number of hydrogen-bond acceptors (Lipinski definition) is 6. The number of aromatic nitrogens is 1. The minimum absolute atomic E-state index is 0.0464. The van der Waals surface area contributed by atoms with Gasteiger partial charge < -0.3 is 9.52 Å². The van der Waals surface area contributed by atoms with Crippen molar-refractivity contribution in [2.24, 2.45) is 0 Å². The van der Waals surface area contributed by atoms with E-state index in [1.807, 2.05) is 0 Å². The van der Waals surface area contributed by atoms with E-state index in [0.29, 0.717) is 17.1 Å². The number of carbonyl (C=O) groups is 3. The maximum Gasteiger partial charge on any atom is 0.337 e. The van der Waals surface area contributed by atoms with Gasteiger partial charge in [0.15, 0.2) is 0 Å². The molecule has 110 valence electrons. The van der Waals surface area contributed by atoms with Crippen molar-refractivity contribution in [3.8, 4) is 11.3 Å². The zero-order valence-corrected chi connectivity index (χ0v) is 11.7. The second-order valence-electron chi connectivity index (χ2n) is 4.32. The van der Waals surface area contributed by atoms with Crippen molar-refractivity contribution in [3.63, 3.8) is 0 Å². The Balaban J connectivity index is 1.90. The minimum atomic E-state index is -1.08. The highest BCUT2D eigenvalue weighted by Gasteiger charge is 2.25. The van der Waals surface area contributed by atoms with Gasteiger partial charge in [-0.15, -0.1) is 0 Å². The number of pyridine rings is 1. The lowest BCUT2D eigenvalue weighted by molar-refractivity contribution is -0.115. The SMILES string of the molecule is O=C1NC(=O)C(=Cc2ccc(-c3cncc(C(=O)O)c3)o2)S1. The Kier molecular flexibility index (Phi) is 3.51. The van der Waals surface area contributed by atoms with Crippen molar-refractivity contribution in [3.05, 3.63) is 46.8 Å². The van der Waals surface area contributed by atoms with Gasteiger partial charge in [-0.3, -0.25) is 19.9 Å². The van der Waals surface area contributed by atoms with Gasteiger partial charge in [0, 0.05) is 24.0 Å². The van der Waals surface area contributed by atoms with E-state index >= 15 is 0 Å². The molecule has 3 heterocycles. The number of aromatic carboxylic acids is 1. The van der Waals surface area contributed by atoms with E-state index < -0.39 is 17.1 Å². The molecule has 2 aromatic heterocycles. The normalized spacial score (nSPS) is 16.1. The minimum Gasteiger partial charge on any atom is -0.478 e. The number of hydrogen-bond donors (Lipinski definition) is 2. The van der Waals surface area contributed by atoms with Crippen molar-refractivity contribution in [1.82, 2.24) is 10.3 Å². The van der Waals surface area contributed by atoms with Crippen molar-refractivity contribution < 1.29 is 23.9 Å². The second-order valence-corrected chi connectivity index (χ2v) is 5.34. The van der Waals surface area contributed by atoms with Crippen LogP contribution >= 0.6 is 11.8 Å². The maximum atomic E-state index is 11.4. The molecule has 7 nitrogen and oxygen atoms in total. The van der Waals surface area contributed by atoms with Crippen LogP contribution in [0.4, 0.5) is 4.79 Å². The Hall–Kier alpha value is -2.87. The van der Waals surface area contributed by atoms with Crippen LogP contribution < -0.4 is 5.32 Å². The van der Waals surface area contributed by atoms with Crippen LogP contribution in [0.5, 0.6) is 0 Å². The van der Waals surface area contributed by atoms with Gasteiger partial charge in [-0.1, -0.05) is 0 Å². The van der Waals surface area contributed by atoms with E-state index in [4.69, 9.17) is 9.52 Å². The summed E-state index contributed by atoms with van der Waals surface area (Å²) in [7, 11) is 0. The summed E-state index contributed by atoms with van der Waals surface area (Å²) >= 11 is 0.791. The number of carbonyl (C=O) groups excluding carboxylic acids is 2. The number of nitrogens with one attached hydrogen (secondary N) is 1. The number of carboxylic acids is 1. The summed E-state index contributed by atoms with van der Waals surface area (Å²) in [6.45, 7) is 0. The molecule has 1 aliphatic rings. The fourth-order valence-corrected chi connectivity index (χ4v) is 2.49. The van der Waals surface area contributed by atoms with Gasteiger partial charge in [-0.25, -0.2) is 4.79 Å². The van der Waals surface area contributed by atoms with Gasteiger partial charge in [0.2, 0.25) is 0 Å². The highest BCUT2D eigenvalue weighted by molar-refractivity contribution is 8.18. The maximum absolute atomic E-state index is 11.4. The summed E-state index contributed by atoms with van der Waals surface area (Å²) in [6.07, 6.45) is 4.16. The van der Waals surface area contributed by atoms with Crippen molar-refractivity contribution in [2.75, 3.05) is 0 Å². The highest BCUT2D eigenvalue weighted by Crippen LogP contribution is 2.28. The third-order valence-corrected chi connectivity index (χ3v) is 3.62. The fourth-order valence-electron chi connectivity index (χ4n) is 1.83. The summed E-state index contributed by atoms with van der Waals surface area (Å²) < 4.78 is 5.54. The molecular weight excluding hydrogens is 308 g/mol. The van der Waals surface area contributed by atoms with Crippen molar-refractivity contribution in [2.45, 2.75) is 0 Å². The zero-order chi connectivity index (χ0) is 15.7. The molecular formula is C14H8N2O5S. The monoisotopic (exact) mass is 316 g/mol. The lowest BCUT2D eigenvalue weighted by atomic mass is 10.2. The third-order valence-electron chi connectivity index (χ3n) is 2.81. The molecule has 8 heteroatoms. The van der Waals surface area contributed by atoms with Gasteiger partial charge in [-0.2, -0.15) is 0 Å². The molecule has 1 saturated heterocycles. The van der Waals surface area contributed by atoms with Crippen molar-refractivity contribution in [1.29, 1.82) is 0 Å². The molecule has 0 bridgehead atoms. The number of amides is 2. The average molecular weight is 316 g/mol. The Morgan fingerprint density at radius 2 is 2.14 bits per heavy atom. The van der Waals surface area contributed by atoms with Crippen LogP contribution in [0.2, 0.25) is 0 Å². The van der Waals surface area contributed by atoms with Crippen LogP contribution in [0.15, 0.2) is 39.9 Å². The topological polar surface area (TPSA) is 110 Å². The molecule has 2 aromatic rings. The van der Waals surface area contributed by atoms with E-state index in [-0.39, 0.29) is 10.5 Å². The number of nitrogens with zero attached hydrogens (tertiary/aromatic N) is 1. The van der Waals surface area contributed by atoms with Gasteiger partial charge in [0.25, 0.3) is 11.1 Å². The molecule has 1 fully saturated rings. The Morgan fingerprint density at radius 3 is 2.82 bits per heavy atom. The van der Waals surface area contributed by atoms with E-state index in [0.717, 1.165) is 11.8 Å². The number of carboxylic acid groups (broad SMARTS) is 1. The van der Waals surface area contributed by atoms with Crippen LogP contribution in [0.3, 0.4) is 0 Å². The molecule has 22 heavy (non-hydrogen) atoms. The number of furan rings is 1. The predicted molar refractivity (Wildman–Crippen MR) is 78.0 cm³/mol. The lowest BCUT2D eigenvalue weighted by Gasteiger charge is -1.98. The van der Waals surface area contributed by atoms with E-state index in [1.165, 1.54) is 24.5 Å². The number of imide groups is 1. The quantitative estimate of drug-likeness (QED) is 0.836. The largest absolute Gasteiger partial charge is 0.478 e. The Labute approximate surface area is 128 Å². The van der Waals surface area contributed by atoms with Gasteiger partial charge >= 0.3 is 5.97 Å². The standard InChI is InChI=1S/C14H8N2O5S/c17-12-11(22-14(20)16-12)4-9-1-2-10(21-9)7-3-8(13(18)19)6-15-5-7/h1-6H,(H,18,19)(H,16,17,20). The summed E-state index contributed by atoms with van der Waals surface area (Å²) in [4.78, 5) is 37.5. The first-order valence-electron chi connectivity index (χ1n) is 6.06. The molecule has 0 spiro atoms. The first kappa shape index (κ1) is 14.1. The van der Waals surface area contributed by atoms with Gasteiger partial charge in [-0.05, 0) is 30.0 Å². The molecule has 1 aliphatic heterocycles. The summed E-state index contributed by atoms with van der Waals surface area (Å²) in [6, 6.07) is 4.69. The Bertz CT molecular complexity index is 824. The Morgan fingerprint density at radius 1 is 1.32 bits per heavy atom. The van der Waals surface area contributed by atoms with Crippen LogP contribution in [0.25, 0.3) is 17.4 Å². The molecule has 0 saturated carbocycles. The van der Waals surface area contributed by atoms with Crippen LogP contribution in [0, 0.1) is 0 Å². The van der Waals surface area contributed by atoms with E-state index in [9.17, 15) is 14.4 Å². The number of thioether (sulfide) groups is 1. The van der Waals surface area contributed by atoms with E-state index in [2.05, 4.69) is 10.3 Å². The van der Waals surface area contributed by atoms with Crippen LogP contribution in [0.1, 0.15) is 16.1 Å². The van der Waals surface area contributed by atoms with Crippen LogP contribution in [-0.4, -0.2) is 27.2 Å². The number of rotatable bonds is 3. The average Bonchev–Trinajstić information content (AvgIpc) is 3.06. The molecule has 2 N–H and O–H groups in total. The fraction of sp³-hybridized carbons (Fsp3) is 0. The first-order valence-corrected chi connectivity index (χ1v) is 6.88. The molecule has 0 aliphatic carbocycles. The molecule has 2 amide bonds. The summed E-state index contributed by atoms with van der Waals surface area (Å²) in [5.41, 5.74) is 0.550. The molecule has 0 atom stereocenters. The predicted octanol–water partition coefficient (Wildman–Crippen LogP) is 2.36. The first-order chi connectivity index (χ1) is 10.5. The van der Waals surface area contributed by atoms with Crippen molar-refractivity contribution >= 4 is 35.0 Å². The smallest absolute Gasteiger partial charge is 0.337 e. The molecule has 0 radical (unpaired) electrons. The summed E-state index contributed by atoms with van der Waals surface area (Å²) in [5, 5.41) is 10.7. The molecule has 0 aromatic carbocycles. The molecule has 0 unspecified atom stereocenters. The summed E-state index contributed by atoms with van der Waals surface area (Å²) in [5.74, 6) is -0.761. The second kappa shape index (κ2) is 5.49. The van der Waals surface area contributed by atoms with Gasteiger partial charge in [0.1, 0.15) is 11.5 Å². The van der Waals surface area contributed by atoms with E-state index in [1.54, 1.807) is 12.1 Å². The third kappa shape index (κ3) is 2.77. The lowest BCUT2D eigenvalue weighted by Crippen LogP contribution is -2.17. The highest BCUT2D eigenvalue weighted by atomic mass is 32.2. The van der Waals surface area contributed by atoms with Gasteiger partial charge in [0.05, 0.1) is 10.5 Å².